The summed E-state index contributed by atoms with van der Waals surface area (Å²) in [5.74, 6) is -3.04. The fourth-order valence-electron chi connectivity index (χ4n) is 3.62. The summed E-state index contributed by atoms with van der Waals surface area (Å²) in [5, 5.41) is 21.3. The van der Waals surface area contributed by atoms with Gasteiger partial charge in [0.1, 0.15) is 22.6 Å². The van der Waals surface area contributed by atoms with E-state index in [0.717, 1.165) is 0 Å². The third-order valence-electron chi connectivity index (χ3n) is 5.32. The highest BCUT2D eigenvalue weighted by atomic mass is 16.7. The van der Waals surface area contributed by atoms with E-state index in [2.05, 4.69) is 0 Å². The van der Waals surface area contributed by atoms with E-state index in [0.29, 0.717) is 5.56 Å². The molecule has 0 fully saturated rings. The first-order chi connectivity index (χ1) is 16.1. The van der Waals surface area contributed by atoms with Gasteiger partial charge in [-0.15, -0.1) is 0 Å². The molecule has 0 aliphatic carbocycles. The van der Waals surface area contributed by atoms with Crippen molar-refractivity contribution in [1.29, 1.82) is 0 Å². The topological polar surface area (TPSA) is 138 Å². The molecule has 0 amide bonds. The van der Waals surface area contributed by atoms with Crippen LogP contribution >= 0.6 is 0 Å². The summed E-state index contributed by atoms with van der Waals surface area (Å²) in [7, 11) is 3.85. The number of ketones is 1. The number of phenolic OH excluding ortho intramolecular Hbond substituents is 2. The third-order valence-corrected chi connectivity index (χ3v) is 5.32. The van der Waals surface area contributed by atoms with E-state index in [1.54, 1.807) is 13.0 Å². The van der Waals surface area contributed by atoms with Gasteiger partial charge in [-0.25, -0.2) is 9.59 Å². The molecule has 1 aliphatic heterocycles. The molecule has 0 saturated heterocycles. The molecule has 0 radical (unpaired) electrons. The van der Waals surface area contributed by atoms with Gasteiger partial charge >= 0.3 is 11.9 Å². The normalized spacial score (nSPS) is 14.6. The number of phenols is 2. The molecule has 3 rings (SSSR count). The lowest BCUT2D eigenvalue weighted by Gasteiger charge is -2.21. The van der Waals surface area contributed by atoms with E-state index in [-0.39, 0.29) is 50.8 Å². The molecular weight excluding hydrogens is 448 g/mol. The SMILES string of the molecule is COC(=O)c1c(C)cc(OC)c(/C=C/C(C)=O)c1Oc1c(O)c(C)c(O)c2c1[C@@H](OC)OC2=O. The van der Waals surface area contributed by atoms with Crippen LogP contribution in [0.5, 0.6) is 28.7 Å². The number of allylic oxidation sites excluding steroid dienone is 1. The van der Waals surface area contributed by atoms with Gasteiger partial charge in [0.05, 0.1) is 25.3 Å². The minimum atomic E-state index is -1.29. The molecule has 10 heteroatoms. The molecule has 180 valence electrons. The van der Waals surface area contributed by atoms with Crippen molar-refractivity contribution >= 4 is 23.8 Å². The zero-order valence-electron chi connectivity index (χ0n) is 19.5. The number of ether oxygens (including phenoxy) is 5. The lowest BCUT2D eigenvalue weighted by atomic mass is 9.99. The van der Waals surface area contributed by atoms with Crippen LogP contribution in [0.2, 0.25) is 0 Å². The highest BCUT2D eigenvalue weighted by molar-refractivity contribution is 6.00. The van der Waals surface area contributed by atoms with E-state index >= 15 is 0 Å². The van der Waals surface area contributed by atoms with Gasteiger partial charge in [-0.2, -0.15) is 0 Å². The van der Waals surface area contributed by atoms with E-state index in [1.165, 1.54) is 47.3 Å². The number of hydrogen-bond acceptors (Lipinski definition) is 10. The molecule has 0 unspecified atom stereocenters. The first-order valence-corrected chi connectivity index (χ1v) is 10.1. The predicted molar refractivity (Wildman–Crippen MR) is 119 cm³/mol. The Kier molecular flexibility index (Phi) is 6.83. The summed E-state index contributed by atoms with van der Waals surface area (Å²) in [6.45, 7) is 4.34. The van der Waals surface area contributed by atoms with Crippen molar-refractivity contribution in [3.05, 3.63) is 45.5 Å². The van der Waals surface area contributed by atoms with Crippen LogP contribution in [-0.4, -0.2) is 49.3 Å². The molecule has 0 saturated carbocycles. The molecule has 0 bridgehead atoms. The van der Waals surface area contributed by atoms with Gasteiger partial charge < -0.3 is 33.9 Å². The lowest BCUT2D eigenvalue weighted by Crippen LogP contribution is -2.10. The maximum absolute atomic E-state index is 12.7. The second-order valence-corrected chi connectivity index (χ2v) is 7.46. The number of esters is 2. The van der Waals surface area contributed by atoms with Crippen molar-refractivity contribution in [3.8, 4) is 28.7 Å². The number of cyclic esters (lactones) is 1. The van der Waals surface area contributed by atoms with Gasteiger partial charge in [0, 0.05) is 12.7 Å². The molecule has 2 N–H and O–H groups in total. The van der Waals surface area contributed by atoms with Gasteiger partial charge in [-0.3, -0.25) is 4.79 Å². The number of fused-ring (bicyclic) bond motifs is 1. The van der Waals surface area contributed by atoms with Crippen LogP contribution in [0.15, 0.2) is 12.1 Å². The molecule has 0 aromatic heterocycles. The van der Waals surface area contributed by atoms with Gasteiger partial charge in [-0.1, -0.05) is 0 Å². The Labute approximate surface area is 195 Å². The third kappa shape index (κ3) is 4.03. The molecular formula is C24H24O10. The van der Waals surface area contributed by atoms with Gasteiger partial charge in [0.2, 0.25) is 6.29 Å². The Hall–Kier alpha value is -4.05. The summed E-state index contributed by atoms with van der Waals surface area (Å²) in [6, 6.07) is 1.57. The maximum atomic E-state index is 12.7. The number of rotatable bonds is 7. The Morgan fingerprint density at radius 1 is 1.09 bits per heavy atom. The summed E-state index contributed by atoms with van der Waals surface area (Å²) in [6.07, 6.45) is 1.35. The zero-order chi connectivity index (χ0) is 25.3. The average Bonchev–Trinajstić information content (AvgIpc) is 3.14. The van der Waals surface area contributed by atoms with Crippen LogP contribution in [0, 0.1) is 13.8 Å². The van der Waals surface area contributed by atoms with E-state index in [1.807, 2.05) is 0 Å². The number of hydrogen-bond donors (Lipinski definition) is 2. The Morgan fingerprint density at radius 2 is 1.76 bits per heavy atom. The molecule has 2 aromatic rings. The van der Waals surface area contributed by atoms with Crippen LogP contribution in [0.4, 0.5) is 0 Å². The summed E-state index contributed by atoms with van der Waals surface area (Å²) in [4.78, 5) is 36.7. The van der Waals surface area contributed by atoms with Crippen molar-refractivity contribution in [3.63, 3.8) is 0 Å². The predicted octanol–water partition coefficient (Wildman–Crippen LogP) is 3.72. The maximum Gasteiger partial charge on any atom is 0.345 e. The van der Waals surface area contributed by atoms with Crippen LogP contribution in [0.3, 0.4) is 0 Å². The summed E-state index contributed by atoms with van der Waals surface area (Å²) in [5.41, 5.74) is 0.248. The monoisotopic (exact) mass is 472 g/mol. The Bertz CT molecular complexity index is 1230. The van der Waals surface area contributed by atoms with Gasteiger partial charge in [-0.05, 0) is 44.6 Å². The first-order valence-electron chi connectivity index (χ1n) is 10.1. The van der Waals surface area contributed by atoms with Crippen molar-refractivity contribution < 1.29 is 48.3 Å². The second kappa shape index (κ2) is 9.44. The van der Waals surface area contributed by atoms with E-state index in [4.69, 9.17) is 23.7 Å². The Morgan fingerprint density at radius 3 is 2.32 bits per heavy atom. The van der Waals surface area contributed by atoms with Crippen LogP contribution in [0.25, 0.3) is 6.08 Å². The van der Waals surface area contributed by atoms with Gasteiger partial charge in [0.15, 0.2) is 23.0 Å². The fourth-order valence-corrected chi connectivity index (χ4v) is 3.62. The smallest absolute Gasteiger partial charge is 0.345 e. The molecule has 34 heavy (non-hydrogen) atoms. The number of aryl methyl sites for hydroxylation is 1. The second-order valence-electron chi connectivity index (χ2n) is 7.46. The first kappa shape index (κ1) is 24.6. The molecule has 1 heterocycles. The number of carbonyl (C=O) groups is 3. The molecule has 1 atom stereocenters. The fraction of sp³-hybridized carbons (Fsp3) is 0.292. The van der Waals surface area contributed by atoms with E-state index < -0.39 is 29.7 Å². The van der Waals surface area contributed by atoms with Crippen molar-refractivity contribution in [1.82, 2.24) is 0 Å². The zero-order valence-corrected chi connectivity index (χ0v) is 19.5. The van der Waals surface area contributed by atoms with Crippen LogP contribution in [0.1, 0.15) is 56.2 Å². The molecule has 0 spiro atoms. The molecule has 10 nitrogen and oxygen atoms in total. The standard InChI is InChI=1S/C24H24O10/c1-10-9-14(30-4)13(8-7-11(2)25)20(15(10)22(28)31-5)33-21-17-16(18(26)12(3)19(21)27)23(29)34-24(17)32-6/h7-9,24,26-27H,1-6H3/b8-7+/t24-/m0/s1. The average molecular weight is 472 g/mol. The number of carbonyl (C=O) groups excluding carboxylic acids is 3. The van der Waals surface area contributed by atoms with Gasteiger partial charge in [0.25, 0.3) is 0 Å². The molecule has 2 aromatic carbocycles. The minimum Gasteiger partial charge on any atom is -0.507 e. The van der Waals surface area contributed by atoms with Crippen LogP contribution in [-0.2, 0) is 19.0 Å². The number of benzene rings is 2. The minimum absolute atomic E-state index is 0.00964. The summed E-state index contributed by atoms with van der Waals surface area (Å²) < 4.78 is 26.8. The van der Waals surface area contributed by atoms with E-state index in [9.17, 15) is 24.6 Å². The van der Waals surface area contributed by atoms with Crippen molar-refractivity contribution in [2.45, 2.75) is 27.1 Å². The lowest BCUT2D eigenvalue weighted by molar-refractivity contribution is -0.112. The number of methoxy groups -OCH3 is 3. The quantitative estimate of drug-likeness (QED) is 0.453. The van der Waals surface area contributed by atoms with Crippen LogP contribution < -0.4 is 9.47 Å². The molecule has 1 aliphatic rings. The summed E-state index contributed by atoms with van der Waals surface area (Å²) >= 11 is 0. The highest BCUT2D eigenvalue weighted by Gasteiger charge is 2.41. The Balaban J connectivity index is 2.41. The van der Waals surface area contributed by atoms with Crippen molar-refractivity contribution in [2.24, 2.45) is 0 Å². The highest BCUT2D eigenvalue weighted by Crippen LogP contribution is 2.52. The largest absolute Gasteiger partial charge is 0.507 e. The van der Waals surface area contributed by atoms with Crippen molar-refractivity contribution in [2.75, 3.05) is 21.3 Å². The number of aromatic hydroxyl groups is 2.